The van der Waals surface area contributed by atoms with Gasteiger partial charge >= 0.3 is 0 Å². The molecule has 0 aromatic carbocycles. The third-order valence-corrected chi connectivity index (χ3v) is 4.61. The molecule has 2 saturated heterocycles. The minimum atomic E-state index is -2.69. The topological polar surface area (TPSA) is 47.3 Å². The molecule has 2 fully saturated rings. The molecule has 127 valence electrons. The summed E-state index contributed by atoms with van der Waals surface area (Å²) in [7, 11) is 0. The molecule has 0 aromatic rings. The van der Waals surface area contributed by atoms with Crippen molar-refractivity contribution in [3.8, 4) is 6.07 Å². The second-order valence-electron chi connectivity index (χ2n) is 7.14. The number of hydrogen-bond acceptors (Lipinski definition) is 3. The van der Waals surface area contributed by atoms with Gasteiger partial charge in [0.25, 0.3) is 11.8 Å². The van der Waals surface area contributed by atoms with Crippen LogP contribution in [-0.4, -0.2) is 53.3 Å². The maximum Gasteiger partial charge on any atom is 0.264 e. The molecule has 6 heteroatoms. The first kappa shape index (κ1) is 17.9. The van der Waals surface area contributed by atoms with E-state index in [2.05, 4.69) is 0 Å². The van der Waals surface area contributed by atoms with Crippen molar-refractivity contribution in [2.45, 2.75) is 51.5 Å². The minimum Gasteiger partial charge on any atom is -0.337 e. The van der Waals surface area contributed by atoms with Gasteiger partial charge in [-0.15, -0.1) is 0 Å². The largest absolute Gasteiger partial charge is 0.337 e. The van der Waals surface area contributed by atoms with E-state index in [-0.39, 0.29) is 31.0 Å². The van der Waals surface area contributed by atoms with Crippen LogP contribution in [0.3, 0.4) is 0 Å². The van der Waals surface area contributed by atoms with Crippen LogP contribution >= 0.6 is 0 Å². The fourth-order valence-electron chi connectivity index (χ4n) is 3.21. The first-order valence-corrected chi connectivity index (χ1v) is 8.01. The van der Waals surface area contributed by atoms with Crippen LogP contribution in [0.25, 0.3) is 0 Å². The van der Waals surface area contributed by atoms with Gasteiger partial charge in [-0.1, -0.05) is 6.92 Å². The average Bonchev–Trinajstić information content (AvgIpc) is 2.85. The summed E-state index contributed by atoms with van der Waals surface area (Å²) in [5.41, 5.74) is -0.713. The highest BCUT2D eigenvalue weighted by molar-refractivity contribution is 5.97. The Morgan fingerprint density at radius 2 is 2.09 bits per heavy atom. The second-order valence-corrected chi connectivity index (χ2v) is 7.14. The van der Waals surface area contributed by atoms with Crippen molar-refractivity contribution in [3.05, 3.63) is 17.6 Å². The van der Waals surface area contributed by atoms with Gasteiger partial charge in [0.2, 0.25) is 0 Å². The predicted molar refractivity (Wildman–Crippen MR) is 83.6 cm³/mol. The highest BCUT2D eigenvalue weighted by Gasteiger charge is 2.43. The van der Waals surface area contributed by atoms with E-state index in [0.29, 0.717) is 13.1 Å². The van der Waals surface area contributed by atoms with Crippen LogP contribution in [0.2, 0.25) is 0 Å². The van der Waals surface area contributed by atoms with Crippen molar-refractivity contribution in [2.24, 2.45) is 0 Å². The van der Waals surface area contributed by atoms with Crippen LogP contribution in [0.1, 0.15) is 40.0 Å². The quantitative estimate of drug-likeness (QED) is 0.592. The van der Waals surface area contributed by atoms with Crippen LogP contribution in [0.4, 0.5) is 8.78 Å². The van der Waals surface area contributed by atoms with E-state index in [0.717, 1.165) is 12.8 Å². The van der Waals surface area contributed by atoms with Gasteiger partial charge in [0.1, 0.15) is 11.6 Å². The van der Waals surface area contributed by atoms with Crippen LogP contribution < -0.4 is 0 Å². The fourth-order valence-corrected chi connectivity index (χ4v) is 3.21. The van der Waals surface area contributed by atoms with E-state index in [1.165, 1.54) is 5.92 Å². The van der Waals surface area contributed by atoms with Crippen LogP contribution in [0.15, 0.2) is 11.6 Å². The number of halogens is 2. The maximum atomic E-state index is 13.4. The minimum absolute atomic E-state index is 0.0416. The first-order valence-electron chi connectivity index (χ1n) is 8.01. The molecule has 0 N–H and O–H groups in total. The highest BCUT2D eigenvalue weighted by atomic mass is 19.3. The van der Waals surface area contributed by atoms with E-state index in [1.807, 2.05) is 13.0 Å². The number of alkyl halides is 2. The Hall–Kier alpha value is -1.48. The molecule has 2 aliphatic rings. The standard InChI is InChI=1S/C17H24F2N3O/c1-13-5-4-7-21(11-13)15(23)14(10-20)9-16(2,3)22-8-6-17(18,19)12-22/h9H,4-8,11-12H2,1-3H3. The van der Waals surface area contributed by atoms with Crippen molar-refractivity contribution < 1.29 is 13.6 Å². The Morgan fingerprint density at radius 3 is 2.61 bits per heavy atom. The van der Waals surface area contributed by atoms with Crippen molar-refractivity contribution in [2.75, 3.05) is 26.2 Å². The molecule has 23 heavy (non-hydrogen) atoms. The molecule has 1 amide bonds. The summed E-state index contributed by atoms with van der Waals surface area (Å²) >= 11 is 0. The number of amides is 1. The summed E-state index contributed by atoms with van der Waals surface area (Å²) in [4.78, 5) is 15.8. The van der Waals surface area contributed by atoms with Crippen molar-refractivity contribution in [3.63, 3.8) is 0 Å². The lowest BCUT2D eigenvalue weighted by atomic mass is 9.96. The summed E-state index contributed by atoms with van der Waals surface area (Å²) < 4.78 is 26.9. The SMILES string of the molecule is C[C]1CCCN(C(=O)C(C#N)=CC(C)(C)N2CCC(F)(F)C2)C1. The summed E-state index contributed by atoms with van der Waals surface area (Å²) in [5.74, 6) is -1.77. The Balaban J connectivity index is 2.14. The molecule has 0 saturated carbocycles. The normalized spacial score (nSPS) is 23.8. The third-order valence-electron chi connectivity index (χ3n) is 4.61. The number of hydrogen-bond donors (Lipinski definition) is 0. The van der Waals surface area contributed by atoms with Gasteiger partial charge < -0.3 is 4.90 Å². The van der Waals surface area contributed by atoms with Gasteiger partial charge in [0.05, 0.1) is 6.54 Å². The summed E-state index contributed by atoms with van der Waals surface area (Å²) in [6.45, 7) is 6.68. The number of nitrogens with zero attached hydrogens (tertiary/aromatic N) is 3. The molecule has 0 aliphatic carbocycles. The molecule has 0 unspecified atom stereocenters. The zero-order chi connectivity index (χ0) is 17.3. The van der Waals surface area contributed by atoms with Crippen molar-refractivity contribution in [1.82, 2.24) is 9.80 Å². The van der Waals surface area contributed by atoms with Crippen LogP contribution in [0, 0.1) is 17.2 Å². The Kier molecular flexibility index (Phi) is 5.10. The molecule has 1 radical (unpaired) electrons. The zero-order valence-corrected chi connectivity index (χ0v) is 14.0. The Labute approximate surface area is 136 Å². The number of nitriles is 1. The number of carbonyl (C=O) groups excluding carboxylic acids is 1. The van der Waals surface area contributed by atoms with Gasteiger partial charge in [-0.25, -0.2) is 8.78 Å². The van der Waals surface area contributed by atoms with Gasteiger partial charge in [0.15, 0.2) is 0 Å². The number of rotatable bonds is 3. The van der Waals surface area contributed by atoms with Gasteiger partial charge in [-0.2, -0.15) is 5.26 Å². The van der Waals surface area contributed by atoms with E-state index in [4.69, 9.17) is 0 Å². The fraction of sp³-hybridized carbons (Fsp3) is 0.706. The predicted octanol–water partition coefficient (Wildman–Crippen LogP) is 2.77. The number of likely N-dealkylation sites (tertiary alicyclic amines) is 2. The molecular weight excluding hydrogens is 300 g/mol. The summed E-state index contributed by atoms with van der Waals surface area (Å²) in [5, 5.41) is 9.36. The number of piperidine rings is 1. The lowest BCUT2D eigenvalue weighted by Gasteiger charge is -2.34. The molecule has 0 aromatic heterocycles. The lowest BCUT2D eigenvalue weighted by Crippen LogP contribution is -2.44. The Bertz CT molecular complexity index is 536. The lowest BCUT2D eigenvalue weighted by molar-refractivity contribution is -0.127. The van der Waals surface area contributed by atoms with E-state index >= 15 is 0 Å². The van der Waals surface area contributed by atoms with E-state index in [1.54, 1.807) is 29.7 Å². The van der Waals surface area contributed by atoms with Crippen molar-refractivity contribution >= 4 is 5.91 Å². The number of carbonyl (C=O) groups is 1. The monoisotopic (exact) mass is 324 g/mol. The van der Waals surface area contributed by atoms with Crippen molar-refractivity contribution in [1.29, 1.82) is 5.26 Å². The second kappa shape index (κ2) is 6.56. The van der Waals surface area contributed by atoms with Gasteiger partial charge in [0, 0.05) is 31.6 Å². The summed E-state index contributed by atoms with van der Waals surface area (Å²) in [6, 6.07) is 1.96. The van der Waals surface area contributed by atoms with Gasteiger partial charge in [-0.3, -0.25) is 9.69 Å². The first-order chi connectivity index (χ1) is 10.6. The average molecular weight is 324 g/mol. The van der Waals surface area contributed by atoms with Gasteiger partial charge in [-0.05, 0) is 38.7 Å². The highest BCUT2D eigenvalue weighted by Crippen LogP contribution is 2.33. The zero-order valence-electron chi connectivity index (χ0n) is 14.0. The maximum absolute atomic E-state index is 13.4. The molecule has 2 heterocycles. The van der Waals surface area contributed by atoms with E-state index in [9.17, 15) is 18.8 Å². The van der Waals surface area contributed by atoms with Crippen LogP contribution in [-0.2, 0) is 4.79 Å². The van der Waals surface area contributed by atoms with Crippen LogP contribution in [0.5, 0.6) is 0 Å². The molecule has 0 spiro atoms. The van der Waals surface area contributed by atoms with E-state index < -0.39 is 11.5 Å². The molecular formula is C17H24F2N3O. The molecule has 0 bridgehead atoms. The summed E-state index contributed by atoms with van der Waals surface area (Å²) in [6.07, 6.45) is 3.27. The molecule has 2 aliphatic heterocycles. The molecule has 4 nitrogen and oxygen atoms in total. The molecule has 2 rings (SSSR count). The third kappa shape index (κ3) is 4.29. The molecule has 0 atom stereocenters. The Morgan fingerprint density at radius 1 is 1.39 bits per heavy atom. The smallest absolute Gasteiger partial charge is 0.264 e.